The summed E-state index contributed by atoms with van der Waals surface area (Å²) in [4.78, 5) is 34.0. The van der Waals surface area contributed by atoms with Gasteiger partial charge in [-0.25, -0.2) is 4.90 Å². The number of methoxy groups -OCH3 is 1. The third-order valence-corrected chi connectivity index (χ3v) is 6.77. The largest absolute Gasteiger partial charge is 0.497 e. The number of rotatable bonds is 6. The van der Waals surface area contributed by atoms with E-state index < -0.39 is 0 Å². The van der Waals surface area contributed by atoms with Crippen molar-refractivity contribution in [1.29, 1.82) is 0 Å². The normalized spacial score (nSPS) is 15.1. The van der Waals surface area contributed by atoms with E-state index in [1.807, 2.05) is 74.4 Å². The third-order valence-electron chi connectivity index (χ3n) is 6.77. The maximum Gasteiger partial charge on any atom is 0.266 e. The minimum absolute atomic E-state index is 0.220. The zero-order chi connectivity index (χ0) is 24.1. The van der Waals surface area contributed by atoms with E-state index in [0.29, 0.717) is 23.4 Å². The lowest BCUT2D eigenvalue weighted by Gasteiger charge is -2.22. The van der Waals surface area contributed by atoms with E-state index in [4.69, 9.17) is 4.74 Å². The van der Waals surface area contributed by atoms with Crippen molar-refractivity contribution in [2.24, 2.45) is 7.05 Å². The molecule has 1 atom stereocenters. The topological polar surface area (TPSA) is 70.6 Å². The Labute approximate surface area is 198 Å². The van der Waals surface area contributed by atoms with Gasteiger partial charge in [0, 0.05) is 64.8 Å². The molecule has 0 saturated carbocycles. The second-order valence-corrected chi connectivity index (χ2v) is 9.09. The number of hydrogen-bond donors (Lipinski definition) is 1. The molecular formula is C27H28N4O3. The van der Waals surface area contributed by atoms with Gasteiger partial charge in [0.05, 0.1) is 18.4 Å². The first-order chi connectivity index (χ1) is 16.3. The first-order valence-electron chi connectivity index (χ1n) is 11.3. The molecule has 0 bridgehead atoms. The molecule has 4 aromatic rings. The highest BCUT2D eigenvalue weighted by Gasteiger charge is 2.37. The van der Waals surface area contributed by atoms with Gasteiger partial charge in [-0.3, -0.25) is 9.59 Å². The molecule has 0 radical (unpaired) electrons. The lowest BCUT2D eigenvalue weighted by atomic mass is 10.0. The van der Waals surface area contributed by atoms with Gasteiger partial charge in [0.1, 0.15) is 5.75 Å². The number of nitrogens with zero attached hydrogens (tertiary/aromatic N) is 3. The molecule has 2 aromatic carbocycles. The van der Waals surface area contributed by atoms with E-state index in [0.717, 1.165) is 33.1 Å². The molecule has 0 aliphatic carbocycles. The number of imide groups is 1. The second kappa shape index (κ2) is 8.18. The van der Waals surface area contributed by atoms with Gasteiger partial charge in [0.2, 0.25) is 0 Å². The number of ether oxygens (including phenoxy) is 1. The zero-order valence-electron chi connectivity index (χ0n) is 20.0. The van der Waals surface area contributed by atoms with Crippen LogP contribution in [0.1, 0.15) is 18.2 Å². The highest BCUT2D eigenvalue weighted by molar-refractivity contribution is 6.45. The number of H-pyrrole nitrogens is 1. The number of carbonyl (C=O) groups excluding carboxylic acids is 2. The average Bonchev–Trinajstić information content (AvgIpc) is 3.43. The molecule has 0 fully saturated rings. The fraction of sp³-hybridized carbons (Fsp3) is 0.259. The summed E-state index contributed by atoms with van der Waals surface area (Å²) in [6, 6.07) is 13.8. The Hall–Kier alpha value is -3.84. The van der Waals surface area contributed by atoms with Crippen molar-refractivity contribution in [2.75, 3.05) is 26.1 Å². The Morgan fingerprint density at radius 1 is 1.09 bits per heavy atom. The average molecular weight is 457 g/mol. The zero-order valence-corrected chi connectivity index (χ0v) is 20.0. The molecule has 1 aliphatic heterocycles. The van der Waals surface area contributed by atoms with Crippen LogP contribution in [0.25, 0.3) is 27.4 Å². The summed E-state index contributed by atoms with van der Waals surface area (Å²) < 4.78 is 7.36. The summed E-state index contributed by atoms with van der Waals surface area (Å²) in [5.74, 6) is 0.0537. The molecule has 7 nitrogen and oxygen atoms in total. The van der Waals surface area contributed by atoms with Gasteiger partial charge in [0.15, 0.2) is 0 Å². The van der Waals surface area contributed by atoms with Crippen molar-refractivity contribution in [1.82, 2.24) is 14.5 Å². The standard InChI is InChI=1S/C27H28N4O3/c1-16(29(2)3)12-23-26(18-8-6-7-9-22(18)28-23)31-25(32)14-20(27(31)33)21-15-30(4)24-11-10-17(34-5)13-19(21)24/h6-11,13-16,28H,12H2,1-5H3. The number of likely N-dealkylation sites (N-methyl/N-ethyl adjacent to an activating group) is 1. The van der Waals surface area contributed by atoms with Crippen molar-refractivity contribution in [3.8, 4) is 5.75 Å². The van der Waals surface area contributed by atoms with Crippen LogP contribution in [-0.4, -0.2) is 53.5 Å². The van der Waals surface area contributed by atoms with E-state index >= 15 is 0 Å². The molecule has 1 N–H and O–H groups in total. The molecule has 2 amide bonds. The van der Waals surface area contributed by atoms with Crippen LogP contribution in [0.2, 0.25) is 0 Å². The molecule has 2 aromatic heterocycles. The van der Waals surface area contributed by atoms with Crippen LogP contribution in [0.3, 0.4) is 0 Å². The summed E-state index contributed by atoms with van der Waals surface area (Å²) in [5, 5.41) is 1.73. The van der Waals surface area contributed by atoms with E-state index in [2.05, 4.69) is 16.8 Å². The van der Waals surface area contributed by atoms with Crippen molar-refractivity contribution in [3.63, 3.8) is 0 Å². The fourth-order valence-electron chi connectivity index (χ4n) is 4.65. The van der Waals surface area contributed by atoms with E-state index in [1.165, 1.54) is 11.0 Å². The van der Waals surface area contributed by atoms with Gasteiger partial charge in [-0.2, -0.15) is 0 Å². The van der Waals surface area contributed by atoms with Gasteiger partial charge in [-0.05, 0) is 45.3 Å². The lowest BCUT2D eigenvalue weighted by molar-refractivity contribution is -0.119. The van der Waals surface area contributed by atoms with Gasteiger partial charge < -0.3 is 19.2 Å². The van der Waals surface area contributed by atoms with Gasteiger partial charge >= 0.3 is 0 Å². The quantitative estimate of drug-likeness (QED) is 0.443. The Bertz CT molecular complexity index is 1470. The number of hydrogen-bond acceptors (Lipinski definition) is 4. The fourth-order valence-corrected chi connectivity index (χ4v) is 4.65. The van der Waals surface area contributed by atoms with Crippen molar-refractivity contribution >= 4 is 44.9 Å². The van der Waals surface area contributed by atoms with Gasteiger partial charge in [0.25, 0.3) is 11.8 Å². The molecule has 1 aliphatic rings. The van der Waals surface area contributed by atoms with E-state index in [9.17, 15) is 9.59 Å². The minimum Gasteiger partial charge on any atom is -0.497 e. The summed E-state index contributed by atoms with van der Waals surface area (Å²) in [6.45, 7) is 2.12. The first kappa shape index (κ1) is 22.0. The smallest absolute Gasteiger partial charge is 0.266 e. The van der Waals surface area contributed by atoms with Crippen molar-refractivity contribution in [2.45, 2.75) is 19.4 Å². The molecule has 3 heterocycles. The number of nitrogens with one attached hydrogen (secondary N) is 1. The van der Waals surface area contributed by atoms with E-state index in [-0.39, 0.29) is 17.9 Å². The monoisotopic (exact) mass is 456 g/mol. The molecule has 5 rings (SSSR count). The Balaban J connectivity index is 1.62. The van der Waals surface area contributed by atoms with Crippen LogP contribution in [-0.2, 0) is 23.1 Å². The Morgan fingerprint density at radius 2 is 1.85 bits per heavy atom. The summed E-state index contributed by atoms with van der Waals surface area (Å²) >= 11 is 0. The van der Waals surface area contributed by atoms with E-state index in [1.54, 1.807) is 7.11 Å². The molecule has 7 heteroatoms. The SMILES string of the molecule is COc1ccc2c(c1)c(C1=CC(=O)N(c3c(CC(C)N(C)C)[nH]c4ccccc34)C1=O)cn2C. The molecular weight excluding hydrogens is 428 g/mol. The summed E-state index contributed by atoms with van der Waals surface area (Å²) in [6.07, 6.45) is 4.03. The molecule has 0 spiro atoms. The number of aromatic amines is 1. The molecule has 0 saturated heterocycles. The first-order valence-corrected chi connectivity index (χ1v) is 11.3. The molecule has 1 unspecified atom stereocenters. The summed E-state index contributed by atoms with van der Waals surface area (Å²) in [5.41, 5.74) is 4.49. The number of anilines is 1. The highest BCUT2D eigenvalue weighted by atomic mass is 16.5. The van der Waals surface area contributed by atoms with Crippen LogP contribution in [0.4, 0.5) is 5.69 Å². The maximum absolute atomic E-state index is 13.8. The van der Waals surface area contributed by atoms with Crippen LogP contribution < -0.4 is 9.64 Å². The maximum atomic E-state index is 13.8. The number of amides is 2. The third kappa shape index (κ3) is 3.40. The van der Waals surface area contributed by atoms with Crippen molar-refractivity contribution < 1.29 is 14.3 Å². The van der Waals surface area contributed by atoms with Crippen LogP contribution in [0.15, 0.2) is 54.7 Å². The summed E-state index contributed by atoms with van der Waals surface area (Å²) in [7, 11) is 7.59. The highest BCUT2D eigenvalue weighted by Crippen LogP contribution is 2.39. The lowest BCUT2D eigenvalue weighted by Crippen LogP contribution is -2.33. The van der Waals surface area contributed by atoms with Crippen LogP contribution in [0.5, 0.6) is 5.75 Å². The second-order valence-electron chi connectivity index (χ2n) is 9.09. The number of para-hydroxylation sites is 1. The number of carbonyl (C=O) groups is 2. The van der Waals surface area contributed by atoms with Crippen LogP contribution in [0, 0.1) is 0 Å². The number of fused-ring (bicyclic) bond motifs is 2. The molecule has 174 valence electrons. The minimum atomic E-state index is -0.330. The number of benzene rings is 2. The predicted octanol–water partition coefficient (Wildman–Crippen LogP) is 4.12. The number of aryl methyl sites for hydroxylation is 1. The number of aromatic nitrogens is 2. The Kier molecular flexibility index (Phi) is 5.29. The molecule has 34 heavy (non-hydrogen) atoms. The van der Waals surface area contributed by atoms with Crippen molar-refractivity contribution in [3.05, 3.63) is 66.0 Å². The van der Waals surface area contributed by atoms with Crippen LogP contribution >= 0.6 is 0 Å². The van der Waals surface area contributed by atoms with Gasteiger partial charge in [-0.1, -0.05) is 18.2 Å². The predicted molar refractivity (Wildman–Crippen MR) is 135 cm³/mol. The Morgan fingerprint density at radius 3 is 2.59 bits per heavy atom. The van der Waals surface area contributed by atoms with Gasteiger partial charge in [-0.15, -0.1) is 0 Å².